The van der Waals surface area contributed by atoms with Gasteiger partial charge in [-0.2, -0.15) is 0 Å². The summed E-state index contributed by atoms with van der Waals surface area (Å²) in [6, 6.07) is 15.8. The number of hydrogen-bond donors (Lipinski definition) is 1. The summed E-state index contributed by atoms with van der Waals surface area (Å²) in [4.78, 5) is 9.90. The van der Waals surface area contributed by atoms with Gasteiger partial charge >= 0.3 is 0 Å². The standard InChI is InChI=1S/C19H12N2O2S/c1-10-20-15-6-12-9-18-16(7-13(12)8-17(15)22-10)21-19(23-18)11-2-4-14(24)5-3-11/h2-9,24H,1H3. The summed E-state index contributed by atoms with van der Waals surface area (Å²) in [5.41, 5.74) is 4.14. The average molecular weight is 332 g/mol. The Morgan fingerprint density at radius 2 is 1.42 bits per heavy atom. The van der Waals surface area contributed by atoms with E-state index in [9.17, 15) is 0 Å². The Bertz CT molecular complexity index is 1150. The maximum absolute atomic E-state index is 5.94. The van der Waals surface area contributed by atoms with Crippen LogP contribution in [0, 0.1) is 6.92 Å². The second-order valence-electron chi connectivity index (χ2n) is 5.79. The summed E-state index contributed by atoms with van der Waals surface area (Å²) in [5.74, 6) is 1.27. The summed E-state index contributed by atoms with van der Waals surface area (Å²) in [5, 5.41) is 2.11. The highest BCUT2D eigenvalue weighted by Gasteiger charge is 2.11. The molecule has 5 rings (SSSR count). The smallest absolute Gasteiger partial charge is 0.227 e. The Labute approximate surface area is 142 Å². The van der Waals surface area contributed by atoms with Gasteiger partial charge in [-0.05, 0) is 59.3 Å². The summed E-state index contributed by atoms with van der Waals surface area (Å²) in [7, 11) is 0. The van der Waals surface area contributed by atoms with Crippen LogP contribution in [-0.2, 0) is 0 Å². The monoisotopic (exact) mass is 332 g/mol. The molecule has 0 atom stereocenters. The van der Waals surface area contributed by atoms with E-state index in [1.54, 1.807) is 0 Å². The van der Waals surface area contributed by atoms with Crippen molar-refractivity contribution in [3.05, 3.63) is 54.4 Å². The lowest BCUT2D eigenvalue weighted by molar-refractivity contribution is 0.561. The number of hydrogen-bond acceptors (Lipinski definition) is 5. The van der Waals surface area contributed by atoms with Gasteiger partial charge in [0.1, 0.15) is 11.0 Å². The highest BCUT2D eigenvalue weighted by atomic mass is 32.1. The van der Waals surface area contributed by atoms with Crippen molar-refractivity contribution in [1.82, 2.24) is 9.97 Å². The minimum Gasteiger partial charge on any atom is -0.441 e. The quantitative estimate of drug-likeness (QED) is 0.418. The van der Waals surface area contributed by atoms with Crippen LogP contribution in [0.4, 0.5) is 0 Å². The molecule has 0 unspecified atom stereocenters. The lowest BCUT2D eigenvalue weighted by atomic mass is 10.1. The van der Waals surface area contributed by atoms with Crippen molar-refractivity contribution >= 4 is 45.6 Å². The third kappa shape index (κ3) is 2.09. The predicted molar refractivity (Wildman–Crippen MR) is 96.5 cm³/mol. The van der Waals surface area contributed by atoms with Crippen LogP contribution in [0.5, 0.6) is 0 Å². The number of oxazole rings is 2. The molecule has 0 bridgehead atoms. The van der Waals surface area contributed by atoms with Crippen molar-refractivity contribution in [2.24, 2.45) is 0 Å². The molecule has 2 aromatic heterocycles. The van der Waals surface area contributed by atoms with Gasteiger partial charge in [0, 0.05) is 17.4 Å². The molecule has 0 saturated carbocycles. The second-order valence-corrected chi connectivity index (χ2v) is 6.30. The van der Waals surface area contributed by atoms with Crippen LogP contribution in [0.2, 0.25) is 0 Å². The number of benzene rings is 3. The number of fused-ring (bicyclic) bond motifs is 3. The molecule has 3 aromatic carbocycles. The number of thiol groups is 1. The molecule has 0 aliphatic heterocycles. The summed E-state index contributed by atoms with van der Waals surface area (Å²) in [6.07, 6.45) is 0. The van der Waals surface area contributed by atoms with Crippen molar-refractivity contribution in [3.8, 4) is 11.5 Å². The maximum atomic E-state index is 5.94. The number of nitrogens with zero attached hydrogens (tertiary/aromatic N) is 2. The third-order valence-electron chi connectivity index (χ3n) is 4.07. The SMILES string of the molecule is Cc1nc2cc3cc4oc(-c5ccc(S)cc5)nc4cc3cc2o1. The Morgan fingerprint density at radius 1 is 0.792 bits per heavy atom. The molecule has 0 radical (unpaired) electrons. The summed E-state index contributed by atoms with van der Waals surface area (Å²) in [6.45, 7) is 1.85. The van der Waals surface area contributed by atoms with Crippen LogP contribution < -0.4 is 0 Å². The zero-order chi connectivity index (χ0) is 16.3. The number of aryl methyl sites for hydroxylation is 1. The van der Waals surface area contributed by atoms with E-state index < -0.39 is 0 Å². The Hall–Kier alpha value is -2.79. The minimum atomic E-state index is 0.603. The molecule has 0 N–H and O–H groups in total. The van der Waals surface area contributed by atoms with Gasteiger partial charge in [0.2, 0.25) is 5.89 Å². The van der Waals surface area contributed by atoms with E-state index in [1.807, 2.05) is 55.5 Å². The van der Waals surface area contributed by atoms with Gasteiger partial charge in [-0.1, -0.05) is 0 Å². The Morgan fingerprint density at radius 3 is 2.12 bits per heavy atom. The Balaban J connectivity index is 1.73. The molecule has 0 saturated heterocycles. The first-order valence-electron chi connectivity index (χ1n) is 7.57. The molecule has 116 valence electrons. The fourth-order valence-electron chi connectivity index (χ4n) is 2.94. The van der Waals surface area contributed by atoms with Crippen LogP contribution in [0.15, 0.2) is 62.3 Å². The summed E-state index contributed by atoms with van der Waals surface area (Å²) < 4.78 is 11.6. The van der Waals surface area contributed by atoms with Crippen molar-refractivity contribution in [2.45, 2.75) is 11.8 Å². The van der Waals surface area contributed by atoms with E-state index in [1.165, 1.54) is 0 Å². The Kier molecular flexibility index (Phi) is 2.76. The highest BCUT2D eigenvalue weighted by Crippen LogP contribution is 2.30. The molecule has 2 heterocycles. The van der Waals surface area contributed by atoms with Crippen molar-refractivity contribution in [2.75, 3.05) is 0 Å². The second kappa shape index (κ2) is 4.85. The van der Waals surface area contributed by atoms with Gasteiger partial charge in [0.05, 0.1) is 0 Å². The first-order chi connectivity index (χ1) is 11.7. The van der Waals surface area contributed by atoms with Crippen LogP contribution in [-0.4, -0.2) is 9.97 Å². The van der Waals surface area contributed by atoms with Crippen LogP contribution in [0.1, 0.15) is 5.89 Å². The lowest BCUT2D eigenvalue weighted by Crippen LogP contribution is -1.77. The minimum absolute atomic E-state index is 0.603. The van der Waals surface area contributed by atoms with E-state index >= 15 is 0 Å². The van der Waals surface area contributed by atoms with Crippen molar-refractivity contribution < 1.29 is 8.83 Å². The normalized spacial score (nSPS) is 11.8. The van der Waals surface area contributed by atoms with E-state index in [-0.39, 0.29) is 0 Å². The third-order valence-corrected chi connectivity index (χ3v) is 4.37. The molecular weight excluding hydrogens is 320 g/mol. The molecule has 4 nitrogen and oxygen atoms in total. The first kappa shape index (κ1) is 13.6. The molecule has 0 spiro atoms. The maximum Gasteiger partial charge on any atom is 0.227 e. The van der Waals surface area contributed by atoms with Crippen molar-refractivity contribution in [3.63, 3.8) is 0 Å². The van der Waals surface area contributed by atoms with Crippen molar-refractivity contribution in [1.29, 1.82) is 0 Å². The van der Waals surface area contributed by atoms with Gasteiger partial charge in [0.15, 0.2) is 17.1 Å². The molecule has 0 amide bonds. The van der Waals surface area contributed by atoms with E-state index in [4.69, 9.17) is 8.83 Å². The molecule has 5 heteroatoms. The number of rotatable bonds is 1. The lowest BCUT2D eigenvalue weighted by Gasteiger charge is -1.96. The van der Waals surface area contributed by atoms with Gasteiger partial charge in [-0.3, -0.25) is 0 Å². The number of aromatic nitrogens is 2. The average Bonchev–Trinajstić information content (AvgIpc) is 3.12. The fourth-order valence-corrected chi connectivity index (χ4v) is 3.09. The van der Waals surface area contributed by atoms with Gasteiger partial charge in [0.25, 0.3) is 0 Å². The molecule has 0 fully saturated rings. The molecule has 0 aliphatic rings. The highest BCUT2D eigenvalue weighted by molar-refractivity contribution is 7.80. The van der Waals surface area contributed by atoms with E-state index in [2.05, 4.69) is 22.6 Å². The van der Waals surface area contributed by atoms with E-state index in [0.29, 0.717) is 11.8 Å². The molecule has 0 aliphatic carbocycles. The largest absolute Gasteiger partial charge is 0.441 e. The van der Waals surface area contributed by atoms with Crippen LogP contribution in [0.25, 0.3) is 44.4 Å². The molecular formula is C19H12N2O2S. The predicted octanol–water partition coefficient (Wildman–Crippen LogP) is 5.39. The zero-order valence-corrected chi connectivity index (χ0v) is 13.7. The molecule has 5 aromatic rings. The summed E-state index contributed by atoms with van der Waals surface area (Å²) >= 11 is 4.30. The van der Waals surface area contributed by atoms with Crippen LogP contribution in [0.3, 0.4) is 0 Å². The first-order valence-corrected chi connectivity index (χ1v) is 8.01. The molecule has 24 heavy (non-hydrogen) atoms. The zero-order valence-electron chi connectivity index (χ0n) is 12.8. The van der Waals surface area contributed by atoms with Crippen LogP contribution >= 0.6 is 12.6 Å². The topological polar surface area (TPSA) is 52.1 Å². The van der Waals surface area contributed by atoms with Gasteiger partial charge in [-0.15, -0.1) is 12.6 Å². The van der Waals surface area contributed by atoms with E-state index in [0.717, 1.165) is 43.4 Å². The van der Waals surface area contributed by atoms with Gasteiger partial charge < -0.3 is 8.83 Å². The van der Waals surface area contributed by atoms with Gasteiger partial charge in [-0.25, -0.2) is 9.97 Å². The fraction of sp³-hybridized carbons (Fsp3) is 0.0526.